The Morgan fingerprint density at radius 3 is 3.00 bits per heavy atom. The summed E-state index contributed by atoms with van der Waals surface area (Å²) in [6.45, 7) is 5.04. The number of allylic oxidation sites excluding steroid dienone is 1. The minimum Gasteiger partial charge on any atom is -0.493 e. The van der Waals surface area contributed by atoms with Crippen molar-refractivity contribution in [2.45, 2.75) is 44.2 Å². The first-order valence-corrected chi connectivity index (χ1v) is 9.04. The summed E-state index contributed by atoms with van der Waals surface area (Å²) in [5.41, 5.74) is 1.10. The van der Waals surface area contributed by atoms with Gasteiger partial charge in [-0.25, -0.2) is 0 Å². The SMILES string of the molecule is C=CCc1ccc(OCC(=O)N2CCO[C@H]3CCCC[C@@H]32)c(OC)c1. The zero-order valence-electron chi connectivity index (χ0n) is 14.9. The summed E-state index contributed by atoms with van der Waals surface area (Å²) in [6.07, 6.45) is 7.23. The third kappa shape index (κ3) is 4.15. The molecular formula is C20H27NO4. The van der Waals surface area contributed by atoms with Crippen LogP contribution in [0.4, 0.5) is 0 Å². The van der Waals surface area contributed by atoms with Gasteiger partial charge in [0, 0.05) is 6.54 Å². The summed E-state index contributed by atoms with van der Waals surface area (Å²) >= 11 is 0. The second-order valence-electron chi connectivity index (χ2n) is 6.61. The molecule has 2 atom stereocenters. The molecule has 25 heavy (non-hydrogen) atoms. The van der Waals surface area contributed by atoms with Crippen LogP contribution >= 0.6 is 0 Å². The molecule has 1 saturated heterocycles. The molecule has 2 aliphatic rings. The van der Waals surface area contributed by atoms with Gasteiger partial charge in [-0.3, -0.25) is 4.79 Å². The summed E-state index contributed by atoms with van der Waals surface area (Å²) in [7, 11) is 1.61. The van der Waals surface area contributed by atoms with Crippen LogP contribution in [0.5, 0.6) is 11.5 Å². The van der Waals surface area contributed by atoms with Gasteiger partial charge in [0.25, 0.3) is 5.91 Å². The molecule has 3 rings (SSSR count). The van der Waals surface area contributed by atoms with E-state index in [0.717, 1.165) is 31.2 Å². The monoisotopic (exact) mass is 345 g/mol. The van der Waals surface area contributed by atoms with Gasteiger partial charge in [-0.1, -0.05) is 25.0 Å². The molecule has 0 unspecified atom stereocenters. The minimum absolute atomic E-state index is 0.0254. The van der Waals surface area contributed by atoms with Crippen LogP contribution in [0.25, 0.3) is 0 Å². The Balaban J connectivity index is 1.62. The molecule has 5 heteroatoms. The van der Waals surface area contributed by atoms with Crippen molar-refractivity contribution in [1.82, 2.24) is 4.90 Å². The molecule has 1 heterocycles. The summed E-state index contributed by atoms with van der Waals surface area (Å²) in [6, 6.07) is 5.95. The fourth-order valence-corrected chi connectivity index (χ4v) is 3.75. The number of carbonyl (C=O) groups excluding carboxylic acids is 1. The predicted molar refractivity (Wildman–Crippen MR) is 96.1 cm³/mol. The normalized spacial score (nSPS) is 22.8. The molecule has 1 amide bonds. The molecule has 1 aliphatic carbocycles. The smallest absolute Gasteiger partial charge is 0.260 e. The van der Waals surface area contributed by atoms with Crippen LogP contribution in [0.1, 0.15) is 31.2 Å². The van der Waals surface area contributed by atoms with Gasteiger partial charge >= 0.3 is 0 Å². The van der Waals surface area contributed by atoms with Crippen LogP contribution in [0.15, 0.2) is 30.9 Å². The maximum atomic E-state index is 12.7. The Kier molecular flexibility index (Phi) is 5.97. The maximum Gasteiger partial charge on any atom is 0.260 e. The number of carbonyl (C=O) groups is 1. The highest BCUT2D eigenvalue weighted by Gasteiger charge is 2.36. The van der Waals surface area contributed by atoms with Crippen LogP contribution in [0.2, 0.25) is 0 Å². The number of morpholine rings is 1. The summed E-state index contributed by atoms with van der Waals surface area (Å²) in [5.74, 6) is 1.26. The molecule has 1 aromatic carbocycles. The lowest BCUT2D eigenvalue weighted by Crippen LogP contribution is -2.55. The van der Waals surface area contributed by atoms with E-state index < -0.39 is 0 Å². The lowest BCUT2D eigenvalue weighted by molar-refractivity contribution is -0.151. The Labute approximate surface area is 149 Å². The number of fused-ring (bicyclic) bond motifs is 1. The molecule has 136 valence electrons. The van der Waals surface area contributed by atoms with Crippen molar-refractivity contribution in [3.63, 3.8) is 0 Å². The number of methoxy groups -OCH3 is 1. The van der Waals surface area contributed by atoms with E-state index in [1.54, 1.807) is 7.11 Å². The second-order valence-corrected chi connectivity index (χ2v) is 6.61. The van der Waals surface area contributed by atoms with E-state index in [1.165, 1.54) is 6.42 Å². The van der Waals surface area contributed by atoms with Crippen molar-refractivity contribution in [2.75, 3.05) is 26.9 Å². The molecule has 0 radical (unpaired) electrons. The average Bonchev–Trinajstić information content (AvgIpc) is 2.66. The Bertz CT molecular complexity index is 614. The average molecular weight is 345 g/mol. The van der Waals surface area contributed by atoms with E-state index >= 15 is 0 Å². The fourth-order valence-electron chi connectivity index (χ4n) is 3.75. The van der Waals surface area contributed by atoms with Gasteiger partial charge < -0.3 is 19.1 Å². The van der Waals surface area contributed by atoms with Crippen molar-refractivity contribution in [2.24, 2.45) is 0 Å². The molecule has 0 N–H and O–H groups in total. The van der Waals surface area contributed by atoms with Gasteiger partial charge in [0.2, 0.25) is 0 Å². The number of amides is 1. The number of benzene rings is 1. The zero-order chi connectivity index (χ0) is 17.6. The molecule has 0 spiro atoms. The molecule has 0 bridgehead atoms. The predicted octanol–water partition coefficient (Wildman–Crippen LogP) is 2.97. The van der Waals surface area contributed by atoms with E-state index in [9.17, 15) is 4.79 Å². The number of hydrogen-bond donors (Lipinski definition) is 0. The lowest BCUT2D eigenvalue weighted by Gasteiger charge is -2.43. The molecule has 1 aromatic rings. The second kappa shape index (κ2) is 8.39. The minimum atomic E-state index is 0.0254. The van der Waals surface area contributed by atoms with E-state index in [4.69, 9.17) is 14.2 Å². The topological polar surface area (TPSA) is 48.0 Å². The molecule has 5 nitrogen and oxygen atoms in total. The largest absolute Gasteiger partial charge is 0.493 e. The van der Waals surface area contributed by atoms with Crippen molar-refractivity contribution < 1.29 is 19.0 Å². The summed E-state index contributed by atoms with van der Waals surface area (Å²) in [4.78, 5) is 14.6. The van der Waals surface area contributed by atoms with Gasteiger partial charge in [0.05, 0.1) is 25.9 Å². The highest BCUT2D eigenvalue weighted by Crippen LogP contribution is 2.30. The van der Waals surface area contributed by atoms with E-state index in [1.807, 2.05) is 29.2 Å². The van der Waals surface area contributed by atoms with Gasteiger partial charge in [0.1, 0.15) is 0 Å². The van der Waals surface area contributed by atoms with Crippen LogP contribution in [0, 0.1) is 0 Å². The number of hydrogen-bond acceptors (Lipinski definition) is 4. The molecule has 0 aromatic heterocycles. The third-order valence-electron chi connectivity index (χ3n) is 5.01. The molecule has 2 fully saturated rings. The number of nitrogens with zero attached hydrogens (tertiary/aromatic N) is 1. The first-order chi connectivity index (χ1) is 12.2. The van der Waals surface area contributed by atoms with E-state index in [0.29, 0.717) is 24.7 Å². The standard InChI is InChI=1S/C20H27NO4/c1-3-6-15-9-10-18(19(13-15)23-2)25-14-20(22)21-11-12-24-17-8-5-4-7-16(17)21/h3,9-10,13,16-17H,1,4-8,11-12,14H2,2H3/t16-,17-/m0/s1. The Hall–Kier alpha value is -2.01. The molecule has 1 saturated carbocycles. The van der Waals surface area contributed by atoms with Crippen LogP contribution in [-0.4, -0.2) is 49.8 Å². The first-order valence-electron chi connectivity index (χ1n) is 9.04. The molecule has 1 aliphatic heterocycles. The van der Waals surface area contributed by atoms with E-state index in [-0.39, 0.29) is 24.7 Å². The molecular weight excluding hydrogens is 318 g/mol. The highest BCUT2D eigenvalue weighted by atomic mass is 16.5. The zero-order valence-corrected chi connectivity index (χ0v) is 14.9. The number of rotatable bonds is 6. The van der Waals surface area contributed by atoms with Crippen molar-refractivity contribution in [3.05, 3.63) is 36.4 Å². The van der Waals surface area contributed by atoms with Gasteiger partial charge in [-0.15, -0.1) is 6.58 Å². The van der Waals surface area contributed by atoms with Crippen LogP contribution in [0.3, 0.4) is 0 Å². The summed E-state index contributed by atoms with van der Waals surface area (Å²) < 4.78 is 17.0. The first kappa shape index (κ1) is 17.8. The van der Waals surface area contributed by atoms with Crippen molar-refractivity contribution in [3.8, 4) is 11.5 Å². The van der Waals surface area contributed by atoms with Crippen molar-refractivity contribution >= 4 is 5.91 Å². The summed E-state index contributed by atoms with van der Waals surface area (Å²) in [5, 5.41) is 0. The van der Waals surface area contributed by atoms with Gasteiger partial charge in [0.15, 0.2) is 18.1 Å². The lowest BCUT2D eigenvalue weighted by atomic mass is 9.90. The third-order valence-corrected chi connectivity index (χ3v) is 5.01. The maximum absolute atomic E-state index is 12.7. The Morgan fingerprint density at radius 2 is 2.20 bits per heavy atom. The van der Waals surface area contributed by atoms with Crippen molar-refractivity contribution in [1.29, 1.82) is 0 Å². The van der Waals surface area contributed by atoms with Crippen LogP contribution < -0.4 is 9.47 Å². The van der Waals surface area contributed by atoms with Gasteiger partial charge in [-0.2, -0.15) is 0 Å². The number of ether oxygens (including phenoxy) is 3. The highest BCUT2D eigenvalue weighted by molar-refractivity contribution is 5.78. The fraction of sp³-hybridized carbons (Fsp3) is 0.550. The van der Waals surface area contributed by atoms with E-state index in [2.05, 4.69) is 6.58 Å². The van der Waals surface area contributed by atoms with Crippen LogP contribution in [-0.2, 0) is 16.0 Å². The Morgan fingerprint density at radius 1 is 1.36 bits per heavy atom. The quantitative estimate of drug-likeness (QED) is 0.744. The van der Waals surface area contributed by atoms with Gasteiger partial charge in [-0.05, 0) is 37.0 Å².